The van der Waals surface area contributed by atoms with Gasteiger partial charge < -0.3 is 20.1 Å². The van der Waals surface area contributed by atoms with Crippen LogP contribution in [0.15, 0.2) is 24.3 Å². The SMILES string of the molecule is CN(CC1COc2ccccc2O1)C(=O)C1(N)CCCCC1.Cl. The lowest BCUT2D eigenvalue weighted by Gasteiger charge is -2.37. The molecule has 2 aliphatic rings. The van der Waals surface area contributed by atoms with Crippen LogP contribution in [-0.2, 0) is 4.79 Å². The Labute approximate surface area is 143 Å². The molecule has 1 aliphatic heterocycles. The van der Waals surface area contributed by atoms with Crippen LogP contribution in [-0.4, -0.2) is 42.6 Å². The van der Waals surface area contributed by atoms with Crippen molar-refractivity contribution in [2.45, 2.75) is 43.7 Å². The van der Waals surface area contributed by atoms with Gasteiger partial charge in [-0.2, -0.15) is 0 Å². The second-order valence-corrected chi connectivity index (χ2v) is 6.40. The summed E-state index contributed by atoms with van der Waals surface area (Å²) in [6.07, 6.45) is 4.64. The van der Waals surface area contributed by atoms with Crippen LogP contribution >= 0.6 is 12.4 Å². The van der Waals surface area contributed by atoms with E-state index in [2.05, 4.69) is 0 Å². The van der Waals surface area contributed by atoms with E-state index in [4.69, 9.17) is 15.2 Å². The first-order chi connectivity index (χ1) is 10.6. The van der Waals surface area contributed by atoms with E-state index in [0.717, 1.165) is 37.2 Å². The third-order valence-electron chi connectivity index (χ3n) is 4.56. The van der Waals surface area contributed by atoms with Gasteiger partial charge in [0, 0.05) is 7.05 Å². The van der Waals surface area contributed by atoms with E-state index in [-0.39, 0.29) is 24.4 Å². The van der Waals surface area contributed by atoms with E-state index in [9.17, 15) is 4.79 Å². The summed E-state index contributed by atoms with van der Waals surface area (Å²) in [6.45, 7) is 0.943. The van der Waals surface area contributed by atoms with Crippen molar-refractivity contribution in [2.75, 3.05) is 20.2 Å². The normalized spacial score (nSPS) is 21.9. The molecule has 1 aromatic rings. The molecule has 1 fully saturated rings. The number of hydrogen-bond acceptors (Lipinski definition) is 4. The van der Waals surface area contributed by atoms with Crippen molar-refractivity contribution >= 4 is 18.3 Å². The van der Waals surface area contributed by atoms with E-state index in [1.807, 2.05) is 24.3 Å². The lowest BCUT2D eigenvalue weighted by Crippen LogP contribution is -2.57. The van der Waals surface area contributed by atoms with Crippen molar-refractivity contribution < 1.29 is 14.3 Å². The molecule has 0 saturated heterocycles. The second-order valence-electron chi connectivity index (χ2n) is 6.40. The van der Waals surface area contributed by atoms with Crippen molar-refractivity contribution in [3.63, 3.8) is 0 Å². The molecule has 5 nitrogen and oxygen atoms in total. The number of ether oxygens (including phenoxy) is 2. The number of nitrogens with two attached hydrogens (primary N) is 1. The molecule has 0 bridgehead atoms. The summed E-state index contributed by atoms with van der Waals surface area (Å²) in [5.74, 6) is 1.52. The average Bonchev–Trinajstić information content (AvgIpc) is 2.54. The zero-order valence-corrected chi connectivity index (χ0v) is 14.3. The van der Waals surface area contributed by atoms with E-state index in [1.54, 1.807) is 11.9 Å². The molecule has 1 atom stereocenters. The number of carbonyl (C=O) groups excluding carboxylic acids is 1. The van der Waals surface area contributed by atoms with Crippen molar-refractivity contribution in [3.8, 4) is 11.5 Å². The van der Waals surface area contributed by atoms with Crippen LogP contribution in [0.3, 0.4) is 0 Å². The minimum Gasteiger partial charge on any atom is -0.486 e. The number of hydrogen-bond donors (Lipinski definition) is 1. The van der Waals surface area contributed by atoms with Crippen LogP contribution in [0.4, 0.5) is 0 Å². The molecule has 6 heteroatoms. The maximum Gasteiger partial charge on any atom is 0.242 e. The Morgan fingerprint density at radius 2 is 1.91 bits per heavy atom. The van der Waals surface area contributed by atoms with Crippen molar-refractivity contribution in [1.82, 2.24) is 4.90 Å². The van der Waals surface area contributed by atoms with Crippen LogP contribution in [0.2, 0.25) is 0 Å². The number of fused-ring (bicyclic) bond motifs is 1. The zero-order valence-electron chi connectivity index (χ0n) is 13.5. The van der Waals surface area contributed by atoms with E-state index in [0.29, 0.717) is 13.2 Å². The lowest BCUT2D eigenvalue weighted by atomic mass is 9.81. The molecular formula is C17H25ClN2O3. The van der Waals surface area contributed by atoms with E-state index < -0.39 is 5.54 Å². The molecule has 1 unspecified atom stereocenters. The average molecular weight is 341 g/mol. The molecule has 0 spiro atoms. The Morgan fingerprint density at radius 1 is 1.26 bits per heavy atom. The first-order valence-electron chi connectivity index (χ1n) is 8.01. The summed E-state index contributed by atoms with van der Waals surface area (Å²) in [4.78, 5) is 14.3. The predicted molar refractivity (Wildman–Crippen MR) is 91.2 cm³/mol. The number of amides is 1. The number of rotatable bonds is 3. The highest BCUT2D eigenvalue weighted by atomic mass is 35.5. The Balaban J connectivity index is 0.00000192. The summed E-state index contributed by atoms with van der Waals surface area (Å²) in [7, 11) is 1.80. The van der Waals surface area contributed by atoms with Gasteiger partial charge in [-0.3, -0.25) is 4.79 Å². The van der Waals surface area contributed by atoms with Gasteiger partial charge in [-0.1, -0.05) is 31.4 Å². The zero-order chi connectivity index (χ0) is 15.6. The van der Waals surface area contributed by atoms with Gasteiger partial charge in [0.1, 0.15) is 6.61 Å². The number of benzene rings is 1. The largest absolute Gasteiger partial charge is 0.486 e. The van der Waals surface area contributed by atoms with Crippen LogP contribution in [0.1, 0.15) is 32.1 Å². The molecule has 2 N–H and O–H groups in total. The van der Waals surface area contributed by atoms with Crippen LogP contribution in [0.25, 0.3) is 0 Å². The smallest absolute Gasteiger partial charge is 0.242 e. The second kappa shape index (κ2) is 7.41. The molecular weight excluding hydrogens is 316 g/mol. The van der Waals surface area contributed by atoms with Crippen LogP contribution in [0.5, 0.6) is 11.5 Å². The predicted octanol–water partition coefficient (Wildman–Crippen LogP) is 2.37. The number of likely N-dealkylation sites (N-methyl/N-ethyl adjacent to an activating group) is 1. The maximum absolute atomic E-state index is 12.6. The maximum atomic E-state index is 12.6. The van der Waals surface area contributed by atoms with Crippen molar-refractivity contribution in [1.29, 1.82) is 0 Å². The minimum absolute atomic E-state index is 0. The third kappa shape index (κ3) is 3.90. The van der Waals surface area contributed by atoms with Crippen LogP contribution < -0.4 is 15.2 Å². The Morgan fingerprint density at radius 3 is 2.61 bits per heavy atom. The Hall–Kier alpha value is -1.46. The van der Waals surface area contributed by atoms with Crippen LogP contribution in [0, 0.1) is 0 Å². The molecule has 3 rings (SSSR count). The number of nitrogens with zero attached hydrogens (tertiary/aromatic N) is 1. The minimum atomic E-state index is -0.694. The van der Waals surface area contributed by atoms with Gasteiger partial charge in [0.05, 0.1) is 12.1 Å². The summed E-state index contributed by atoms with van der Waals surface area (Å²) in [5.41, 5.74) is 5.63. The topological polar surface area (TPSA) is 64.8 Å². The summed E-state index contributed by atoms with van der Waals surface area (Å²) in [5, 5.41) is 0. The van der Waals surface area contributed by atoms with Gasteiger partial charge in [-0.25, -0.2) is 0 Å². The number of para-hydroxylation sites is 2. The van der Waals surface area contributed by atoms with Crippen molar-refractivity contribution in [2.24, 2.45) is 5.73 Å². The number of carbonyl (C=O) groups is 1. The van der Waals surface area contributed by atoms with Gasteiger partial charge >= 0.3 is 0 Å². The monoisotopic (exact) mass is 340 g/mol. The molecule has 1 heterocycles. The van der Waals surface area contributed by atoms with E-state index in [1.165, 1.54) is 6.42 Å². The highest BCUT2D eigenvalue weighted by Crippen LogP contribution is 2.31. The molecule has 1 aliphatic carbocycles. The van der Waals surface area contributed by atoms with Gasteiger partial charge in [-0.15, -0.1) is 12.4 Å². The quantitative estimate of drug-likeness (QED) is 0.917. The van der Waals surface area contributed by atoms with Gasteiger partial charge in [0.25, 0.3) is 0 Å². The molecule has 128 valence electrons. The standard InChI is InChI=1S/C17H24N2O3.ClH/c1-19(16(20)17(18)9-5-2-6-10-17)11-13-12-21-14-7-3-4-8-15(14)22-13;/h3-4,7-8,13H,2,5-6,9-12,18H2,1H3;1H. The Bertz CT molecular complexity index is 546. The van der Waals surface area contributed by atoms with Gasteiger partial charge in [0.15, 0.2) is 17.6 Å². The molecule has 23 heavy (non-hydrogen) atoms. The molecule has 0 aromatic heterocycles. The highest BCUT2D eigenvalue weighted by Gasteiger charge is 2.38. The summed E-state index contributed by atoms with van der Waals surface area (Å²) >= 11 is 0. The van der Waals surface area contributed by atoms with E-state index >= 15 is 0 Å². The molecule has 0 radical (unpaired) electrons. The fraction of sp³-hybridized carbons (Fsp3) is 0.588. The highest BCUT2D eigenvalue weighted by molar-refractivity contribution is 5.86. The van der Waals surface area contributed by atoms with Crippen molar-refractivity contribution in [3.05, 3.63) is 24.3 Å². The molecule has 1 aromatic carbocycles. The fourth-order valence-electron chi connectivity index (χ4n) is 3.32. The summed E-state index contributed by atoms with van der Waals surface area (Å²) in [6, 6.07) is 7.60. The third-order valence-corrected chi connectivity index (χ3v) is 4.56. The van der Waals surface area contributed by atoms with Gasteiger partial charge in [-0.05, 0) is 25.0 Å². The number of halogens is 1. The fourth-order valence-corrected chi connectivity index (χ4v) is 3.32. The summed E-state index contributed by atoms with van der Waals surface area (Å²) < 4.78 is 11.6. The van der Waals surface area contributed by atoms with Gasteiger partial charge in [0.2, 0.25) is 5.91 Å². The first-order valence-corrected chi connectivity index (χ1v) is 8.01. The molecule has 1 amide bonds. The lowest BCUT2D eigenvalue weighted by molar-refractivity contribution is -0.138. The Kier molecular flexibility index (Phi) is 5.76. The molecule has 1 saturated carbocycles. The first kappa shape index (κ1) is 17.9.